The van der Waals surface area contributed by atoms with E-state index in [1.165, 1.54) is 18.5 Å². The minimum absolute atomic E-state index is 0.597. The summed E-state index contributed by atoms with van der Waals surface area (Å²) in [5.41, 5.74) is 2.39. The van der Waals surface area contributed by atoms with E-state index >= 15 is 0 Å². The maximum atomic E-state index is 4.45. The van der Waals surface area contributed by atoms with E-state index in [-0.39, 0.29) is 0 Å². The largest absolute Gasteiger partial charge is 0.308 e. The molecular weight excluding hydrogens is 266 g/mol. The van der Waals surface area contributed by atoms with Crippen LogP contribution in [0.15, 0.2) is 6.07 Å². The van der Waals surface area contributed by atoms with Gasteiger partial charge in [-0.15, -0.1) is 0 Å². The molecule has 4 heteroatoms. The average Bonchev–Trinajstić information content (AvgIpc) is 2.65. The average molecular weight is 288 g/mol. The Hall–Kier alpha value is -0.350. The summed E-state index contributed by atoms with van der Waals surface area (Å²) in [6.07, 6.45) is 2.35. The van der Waals surface area contributed by atoms with E-state index in [4.69, 9.17) is 0 Å². The molecule has 0 aliphatic heterocycles. The summed E-state index contributed by atoms with van der Waals surface area (Å²) in [6.45, 7) is 8.26. The SMILES string of the molecule is CCC(CCBr)NCc1cc(C)nn1CC. The molecule has 1 rings (SSSR count). The van der Waals surface area contributed by atoms with Crippen molar-refractivity contribution in [3.05, 3.63) is 17.5 Å². The molecule has 3 nitrogen and oxygen atoms in total. The number of nitrogens with zero attached hydrogens (tertiary/aromatic N) is 2. The monoisotopic (exact) mass is 287 g/mol. The number of halogens is 1. The molecule has 0 fully saturated rings. The molecule has 1 unspecified atom stereocenters. The van der Waals surface area contributed by atoms with Crippen LogP contribution in [0.2, 0.25) is 0 Å². The van der Waals surface area contributed by atoms with Gasteiger partial charge in [0.15, 0.2) is 0 Å². The van der Waals surface area contributed by atoms with Crippen LogP contribution in [0.1, 0.15) is 38.1 Å². The molecule has 0 aliphatic carbocycles. The number of alkyl halides is 1. The Labute approximate surface area is 107 Å². The fourth-order valence-electron chi connectivity index (χ4n) is 1.85. The number of nitrogens with one attached hydrogen (secondary N) is 1. The second kappa shape index (κ2) is 7.07. The van der Waals surface area contributed by atoms with Crippen LogP contribution in [-0.2, 0) is 13.1 Å². The van der Waals surface area contributed by atoms with Crippen molar-refractivity contribution < 1.29 is 0 Å². The normalized spacial score (nSPS) is 13.0. The van der Waals surface area contributed by atoms with Gasteiger partial charge in [0.2, 0.25) is 0 Å². The van der Waals surface area contributed by atoms with Crippen LogP contribution < -0.4 is 5.32 Å². The van der Waals surface area contributed by atoms with E-state index in [1.807, 2.05) is 6.92 Å². The van der Waals surface area contributed by atoms with Crippen molar-refractivity contribution in [2.24, 2.45) is 0 Å². The number of hydrogen-bond acceptors (Lipinski definition) is 2. The fourth-order valence-corrected chi connectivity index (χ4v) is 2.40. The maximum absolute atomic E-state index is 4.45. The molecule has 0 aliphatic rings. The van der Waals surface area contributed by atoms with Crippen LogP contribution in [0.3, 0.4) is 0 Å². The number of aromatic nitrogens is 2. The summed E-state index contributed by atoms with van der Waals surface area (Å²) >= 11 is 3.49. The van der Waals surface area contributed by atoms with E-state index in [2.05, 4.69) is 50.9 Å². The summed E-state index contributed by atoms with van der Waals surface area (Å²) in [5.74, 6) is 0. The Morgan fingerprint density at radius 2 is 2.25 bits per heavy atom. The Bertz CT molecular complexity index is 309. The lowest BCUT2D eigenvalue weighted by atomic mass is 10.1. The molecule has 0 radical (unpaired) electrons. The third-order valence-electron chi connectivity index (χ3n) is 2.81. The van der Waals surface area contributed by atoms with Gasteiger partial charge in [-0.2, -0.15) is 5.10 Å². The Morgan fingerprint density at radius 1 is 1.50 bits per heavy atom. The van der Waals surface area contributed by atoms with Crippen molar-refractivity contribution in [1.29, 1.82) is 0 Å². The second-order valence-electron chi connectivity index (χ2n) is 4.06. The third kappa shape index (κ3) is 3.91. The van der Waals surface area contributed by atoms with Gasteiger partial charge < -0.3 is 5.32 Å². The summed E-state index contributed by atoms with van der Waals surface area (Å²) in [5, 5.41) is 9.09. The highest BCUT2D eigenvalue weighted by atomic mass is 79.9. The molecule has 1 aromatic rings. The van der Waals surface area contributed by atoms with Crippen LogP contribution in [0.25, 0.3) is 0 Å². The molecule has 1 heterocycles. The molecule has 0 amide bonds. The van der Waals surface area contributed by atoms with E-state index in [0.29, 0.717) is 6.04 Å². The third-order valence-corrected chi connectivity index (χ3v) is 3.27. The second-order valence-corrected chi connectivity index (χ2v) is 4.85. The smallest absolute Gasteiger partial charge is 0.0597 e. The summed E-state index contributed by atoms with van der Waals surface area (Å²) in [6, 6.07) is 2.76. The topological polar surface area (TPSA) is 29.9 Å². The number of rotatable bonds is 7. The van der Waals surface area contributed by atoms with Crippen LogP contribution in [0.4, 0.5) is 0 Å². The predicted octanol–water partition coefficient (Wildman–Crippen LogP) is 2.86. The van der Waals surface area contributed by atoms with Gasteiger partial charge in [-0.25, -0.2) is 0 Å². The summed E-state index contributed by atoms with van der Waals surface area (Å²) in [7, 11) is 0. The van der Waals surface area contributed by atoms with Crippen LogP contribution in [0, 0.1) is 6.92 Å². The lowest BCUT2D eigenvalue weighted by Crippen LogP contribution is -2.29. The first-order chi connectivity index (χ1) is 7.71. The molecule has 0 spiro atoms. The summed E-state index contributed by atoms with van der Waals surface area (Å²) in [4.78, 5) is 0. The van der Waals surface area contributed by atoms with Crippen LogP contribution in [0.5, 0.6) is 0 Å². The summed E-state index contributed by atoms with van der Waals surface area (Å²) < 4.78 is 2.07. The molecule has 1 atom stereocenters. The quantitative estimate of drug-likeness (QED) is 0.782. The first-order valence-electron chi connectivity index (χ1n) is 6.03. The molecule has 0 aromatic carbocycles. The molecule has 0 saturated carbocycles. The van der Waals surface area contributed by atoms with Crippen molar-refractivity contribution in [3.8, 4) is 0 Å². The van der Waals surface area contributed by atoms with Gasteiger partial charge in [0.05, 0.1) is 11.4 Å². The van der Waals surface area contributed by atoms with Crippen LogP contribution in [-0.4, -0.2) is 21.2 Å². The van der Waals surface area contributed by atoms with Gasteiger partial charge in [-0.1, -0.05) is 22.9 Å². The minimum Gasteiger partial charge on any atom is -0.308 e. The minimum atomic E-state index is 0.597. The first-order valence-corrected chi connectivity index (χ1v) is 7.16. The van der Waals surface area contributed by atoms with Crippen molar-refractivity contribution >= 4 is 15.9 Å². The zero-order chi connectivity index (χ0) is 12.0. The lowest BCUT2D eigenvalue weighted by molar-refractivity contribution is 0.470. The van der Waals surface area contributed by atoms with Gasteiger partial charge in [0, 0.05) is 24.5 Å². The highest BCUT2D eigenvalue weighted by Crippen LogP contribution is 2.06. The van der Waals surface area contributed by atoms with Gasteiger partial charge in [0.25, 0.3) is 0 Å². The van der Waals surface area contributed by atoms with E-state index < -0.39 is 0 Å². The zero-order valence-corrected chi connectivity index (χ0v) is 12.0. The highest BCUT2D eigenvalue weighted by Gasteiger charge is 2.07. The van der Waals surface area contributed by atoms with Gasteiger partial charge in [0.1, 0.15) is 0 Å². The Balaban J connectivity index is 2.52. The van der Waals surface area contributed by atoms with Crippen molar-refractivity contribution in [3.63, 3.8) is 0 Å². The van der Waals surface area contributed by atoms with E-state index in [0.717, 1.165) is 24.1 Å². The predicted molar refractivity (Wildman–Crippen MR) is 72.0 cm³/mol. The fraction of sp³-hybridized carbons (Fsp3) is 0.750. The molecule has 0 saturated heterocycles. The van der Waals surface area contributed by atoms with E-state index in [9.17, 15) is 0 Å². The Kier molecular flexibility index (Phi) is 6.06. The standard InChI is InChI=1S/C12H22BrN3/c1-4-11(6-7-13)14-9-12-8-10(3)15-16(12)5-2/h8,11,14H,4-7,9H2,1-3H3. The van der Waals surface area contributed by atoms with Crippen LogP contribution >= 0.6 is 15.9 Å². The van der Waals surface area contributed by atoms with Crippen molar-refractivity contribution in [1.82, 2.24) is 15.1 Å². The number of aryl methyl sites for hydroxylation is 2. The van der Waals surface area contributed by atoms with Gasteiger partial charge >= 0.3 is 0 Å². The highest BCUT2D eigenvalue weighted by molar-refractivity contribution is 9.09. The van der Waals surface area contributed by atoms with Crippen molar-refractivity contribution in [2.75, 3.05) is 5.33 Å². The molecule has 1 N–H and O–H groups in total. The van der Waals surface area contributed by atoms with E-state index in [1.54, 1.807) is 0 Å². The first kappa shape index (κ1) is 13.7. The van der Waals surface area contributed by atoms with Gasteiger partial charge in [-0.3, -0.25) is 4.68 Å². The van der Waals surface area contributed by atoms with Crippen molar-refractivity contribution in [2.45, 2.75) is 52.7 Å². The molecule has 16 heavy (non-hydrogen) atoms. The molecular formula is C12H22BrN3. The molecule has 92 valence electrons. The molecule has 0 bridgehead atoms. The van der Waals surface area contributed by atoms with Gasteiger partial charge in [-0.05, 0) is 32.8 Å². The molecule has 1 aromatic heterocycles. The maximum Gasteiger partial charge on any atom is 0.0597 e. The Morgan fingerprint density at radius 3 is 2.81 bits per heavy atom. The lowest BCUT2D eigenvalue weighted by Gasteiger charge is -2.15. The zero-order valence-electron chi connectivity index (χ0n) is 10.5. The number of hydrogen-bond donors (Lipinski definition) is 1.